The van der Waals surface area contributed by atoms with Gasteiger partial charge in [-0.15, -0.1) is 0 Å². The summed E-state index contributed by atoms with van der Waals surface area (Å²) in [5.41, 5.74) is 1.68. The molecule has 0 radical (unpaired) electrons. The molecule has 1 saturated heterocycles. The average Bonchev–Trinajstić information content (AvgIpc) is 2.82. The third-order valence-electron chi connectivity index (χ3n) is 6.26. The quantitative estimate of drug-likeness (QED) is 0.558. The first kappa shape index (κ1) is 23.6. The van der Waals surface area contributed by atoms with Gasteiger partial charge in [0, 0.05) is 31.1 Å². The number of hydrogen-bond donors (Lipinski definition) is 1. The Balaban J connectivity index is 1.70. The molecular weight excluding hydrogens is 437 g/mol. The average molecular weight is 468 g/mol. The first-order valence-electron chi connectivity index (χ1n) is 11.3. The van der Waals surface area contributed by atoms with Crippen LogP contribution in [0.5, 0.6) is 11.5 Å². The summed E-state index contributed by atoms with van der Waals surface area (Å²) in [6.45, 7) is 7.40. The van der Waals surface area contributed by atoms with E-state index < -0.39 is 11.9 Å². The van der Waals surface area contributed by atoms with Gasteiger partial charge in [0.2, 0.25) is 0 Å². The van der Waals surface area contributed by atoms with Gasteiger partial charge in [0.15, 0.2) is 17.3 Å². The smallest absolute Gasteiger partial charge is 0.407 e. The number of piperazine rings is 1. The Morgan fingerprint density at radius 1 is 1.18 bits per heavy atom. The van der Waals surface area contributed by atoms with E-state index in [-0.39, 0.29) is 18.0 Å². The van der Waals surface area contributed by atoms with E-state index in [1.165, 1.54) is 11.1 Å². The number of rotatable bonds is 5. The lowest BCUT2D eigenvalue weighted by Gasteiger charge is -2.46. The van der Waals surface area contributed by atoms with Gasteiger partial charge in [-0.1, -0.05) is 51.1 Å². The topological polar surface area (TPSA) is 75.1 Å². The summed E-state index contributed by atoms with van der Waals surface area (Å²) in [5, 5.41) is 10.3. The maximum Gasteiger partial charge on any atom is 0.407 e. The molecule has 4 rings (SSSR count). The molecule has 0 aliphatic carbocycles. The van der Waals surface area contributed by atoms with Crippen LogP contribution in [0.25, 0.3) is 10.9 Å². The first-order chi connectivity index (χ1) is 16.2. The lowest BCUT2D eigenvalue weighted by molar-refractivity contribution is 0.0748. The molecule has 0 bridgehead atoms. The molecule has 7 nitrogen and oxygen atoms in total. The number of hydrogen-bond acceptors (Lipinski definition) is 5. The summed E-state index contributed by atoms with van der Waals surface area (Å²) >= 11 is 0. The number of carboxylic acid groups (broad SMARTS) is 1. The van der Waals surface area contributed by atoms with Crippen molar-refractivity contribution in [2.75, 3.05) is 31.6 Å². The molecule has 1 aromatic heterocycles. The molecule has 1 atom stereocenters. The fourth-order valence-electron chi connectivity index (χ4n) is 4.45. The minimum atomic E-state index is -0.957. The molecule has 1 aliphatic heterocycles. The van der Waals surface area contributed by atoms with Crippen LogP contribution in [0.15, 0.2) is 48.7 Å². The van der Waals surface area contributed by atoms with Crippen molar-refractivity contribution in [3.8, 4) is 11.5 Å². The number of carbonyl (C=O) groups is 1. The second-order valence-corrected chi connectivity index (χ2v) is 9.55. The molecule has 1 fully saturated rings. The van der Waals surface area contributed by atoms with Crippen molar-refractivity contribution in [2.45, 2.75) is 33.4 Å². The Hall–Kier alpha value is -3.55. The molecule has 1 unspecified atom stereocenters. The van der Waals surface area contributed by atoms with Crippen LogP contribution >= 0.6 is 0 Å². The lowest BCUT2D eigenvalue weighted by Crippen LogP contribution is -2.59. The zero-order valence-corrected chi connectivity index (χ0v) is 19.9. The van der Waals surface area contributed by atoms with Crippen molar-refractivity contribution in [1.29, 1.82) is 0 Å². The number of amides is 1. The molecule has 34 heavy (non-hydrogen) atoms. The van der Waals surface area contributed by atoms with Gasteiger partial charge in [0.05, 0.1) is 30.6 Å². The van der Waals surface area contributed by atoms with Crippen molar-refractivity contribution < 1.29 is 23.8 Å². The number of aromatic nitrogens is 1. The molecule has 2 heterocycles. The van der Waals surface area contributed by atoms with Crippen LogP contribution < -0.4 is 14.4 Å². The number of ether oxygens (including phenoxy) is 2. The van der Waals surface area contributed by atoms with Crippen molar-refractivity contribution in [3.05, 3.63) is 60.0 Å². The third-order valence-corrected chi connectivity index (χ3v) is 6.26. The summed E-state index contributed by atoms with van der Waals surface area (Å²) in [5.74, 6) is 0.546. The van der Waals surface area contributed by atoms with E-state index in [1.807, 2.05) is 56.0 Å². The highest BCUT2D eigenvalue weighted by Gasteiger charge is 2.39. The SMILES string of the molecule is COc1cc2c(N3CCN(C(=O)O)C(C(C)(C)C)C3)c(F)cnc2cc1OCc1ccccc1. The van der Waals surface area contributed by atoms with Gasteiger partial charge in [-0.2, -0.15) is 0 Å². The molecule has 8 heteroatoms. The van der Waals surface area contributed by atoms with E-state index in [4.69, 9.17) is 9.47 Å². The summed E-state index contributed by atoms with van der Waals surface area (Å²) in [6.07, 6.45) is 0.252. The van der Waals surface area contributed by atoms with Gasteiger partial charge in [0.25, 0.3) is 0 Å². The second kappa shape index (κ2) is 9.37. The highest BCUT2D eigenvalue weighted by Crippen LogP contribution is 2.39. The van der Waals surface area contributed by atoms with Crippen molar-refractivity contribution in [3.63, 3.8) is 0 Å². The number of methoxy groups -OCH3 is 1. The molecule has 3 aromatic rings. The molecule has 2 aromatic carbocycles. The van der Waals surface area contributed by atoms with Crippen LogP contribution in [0.2, 0.25) is 0 Å². The Morgan fingerprint density at radius 2 is 1.91 bits per heavy atom. The predicted octanol–water partition coefficient (Wildman–Crippen LogP) is 5.18. The third kappa shape index (κ3) is 4.71. The molecule has 0 saturated carbocycles. The van der Waals surface area contributed by atoms with Crippen molar-refractivity contribution in [2.24, 2.45) is 5.41 Å². The Bertz CT molecular complexity index is 1180. The number of fused-ring (bicyclic) bond motifs is 1. The summed E-state index contributed by atoms with van der Waals surface area (Å²) < 4.78 is 26.7. The van der Waals surface area contributed by atoms with E-state index in [2.05, 4.69) is 4.98 Å². The number of pyridine rings is 1. The van der Waals surface area contributed by atoms with Gasteiger partial charge in [-0.3, -0.25) is 4.98 Å². The van der Waals surface area contributed by atoms with Gasteiger partial charge < -0.3 is 24.4 Å². The van der Waals surface area contributed by atoms with Gasteiger partial charge in [-0.05, 0) is 17.0 Å². The maximum absolute atomic E-state index is 15.2. The number of benzene rings is 2. The number of anilines is 1. The fourth-order valence-corrected chi connectivity index (χ4v) is 4.45. The highest BCUT2D eigenvalue weighted by atomic mass is 19.1. The molecule has 1 amide bonds. The second-order valence-electron chi connectivity index (χ2n) is 9.55. The van der Waals surface area contributed by atoms with Gasteiger partial charge >= 0.3 is 6.09 Å². The number of halogens is 1. The maximum atomic E-state index is 15.2. The molecule has 1 N–H and O–H groups in total. The van der Waals surface area contributed by atoms with Crippen LogP contribution in [0.4, 0.5) is 14.9 Å². The zero-order chi connectivity index (χ0) is 24.5. The Labute approximate surface area is 198 Å². The lowest BCUT2D eigenvalue weighted by atomic mass is 9.84. The first-order valence-corrected chi connectivity index (χ1v) is 11.3. The largest absolute Gasteiger partial charge is 0.493 e. The Kier molecular flexibility index (Phi) is 6.50. The van der Waals surface area contributed by atoms with Crippen LogP contribution in [-0.2, 0) is 6.61 Å². The van der Waals surface area contributed by atoms with E-state index in [0.717, 1.165) is 5.56 Å². The van der Waals surface area contributed by atoms with Crippen LogP contribution in [0.1, 0.15) is 26.3 Å². The van der Waals surface area contributed by atoms with Crippen LogP contribution in [0.3, 0.4) is 0 Å². The summed E-state index contributed by atoms with van der Waals surface area (Å²) in [7, 11) is 1.55. The predicted molar refractivity (Wildman–Crippen MR) is 129 cm³/mol. The minimum absolute atomic E-state index is 0.288. The molecule has 180 valence electrons. The number of nitrogens with zero attached hydrogens (tertiary/aromatic N) is 3. The minimum Gasteiger partial charge on any atom is -0.493 e. The highest BCUT2D eigenvalue weighted by molar-refractivity contribution is 5.94. The van der Waals surface area contributed by atoms with Crippen molar-refractivity contribution in [1.82, 2.24) is 9.88 Å². The van der Waals surface area contributed by atoms with Crippen LogP contribution in [-0.4, -0.2) is 53.9 Å². The van der Waals surface area contributed by atoms with E-state index in [0.29, 0.717) is 47.8 Å². The zero-order valence-electron chi connectivity index (χ0n) is 19.9. The van der Waals surface area contributed by atoms with E-state index in [9.17, 15) is 9.90 Å². The molecule has 1 aliphatic rings. The van der Waals surface area contributed by atoms with Gasteiger partial charge in [-0.25, -0.2) is 9.18 Å². The Morgan fingerprint density at radius 3 is 2.56 bits per heavy atom. The normalized spacial score (nSPS) is 16.6. The van der Waals surface area contributed by atoms with Crippen molar-refractivity contribution >= 4 is 22.7 Å². The molecular formula is C26H30FN3O4. The van der Waals surface area contributed by atoms with E-state index >= 15 is 4.39 Å². The van der Waals surface area contributed by atoms with Gasteiger partial charge in [0.1, 0.15) is 6.61 Å². The fraction of sp³-hybridized carbons (Fsp3) is 0.385. The summed E-state index contributed by atoms with van der Waals surface area (Å²) in [6, 6.07) is 13.0. The van der Waals surface area contributed by atoms with E-state index in [1.54, 1.807) is 19.2 Å². The molecule has 0 spiro atoms. The monoisotopic (exact) mass is 467 g/mol. The van der Waals surface area contributed by atoms with Crippen LogP contribution in [0, 0.1) is 11.2 Å². The summed E-state index contributed by atoms with van der Waals surface area (Å²) in [4.78, 5) is 19.5. The standard InChI is InChI=1S/C26H30FN3O4/c1-26(2,3)23-15-29(10-11-30(23)25(31)32)24-18-12-21(33-4)22(13-20(18)28-14-19(24)27)34-16-17-8-6-5-7-9-17/h5-9,12-14,23H,10-11,15-16H2,1-4H3,(H,31,32).